The van der Waals surface area contributed by atoms with Gasteiger partial charge in [-0.1, -0.05) is 30.3 Å². The summed E-state index contributed by atoms with van der Waals surface area (Å²) in [6.45, 7) is 0.648. The van der Waals surface area contributed by atoms with Gasteiger partial charge in [-0.2, -0.15) is 17.4 Å². The monoisotopic (exact) mass is 534 g/mol. The number of hydrogen-bond donors (Lipinski definition) is 1. The van der Waals surface area contributed by atoms with Crippen LogP contribution in [-0.4, -0.2) is 77.0 Å². The zero-order valence-electron chi connectivity index (χ0n) is 21.1. The van der Waals surface area contributed by atoms with Crippen LogP contribution in [0.15, 0.2) is 42.5 Å². The van der Waals surface area contributed by atoms with Crippen molar-refractivity contribution in [2.45, 2.75) is 24.9 Å². The van der Waals surface area contributed by atoms with Gasteiger partial charge in [0.15, 0.2) is 0 Å². The number of fused-ring (bicyclic) bond motifs is 2. The molecule has 1 fully saturated rings. The van der Waals surface area contributed by atoms with Gasteiger partial charge in [0.1, 0.15) is 24.8 Å². The maximum atomic E-state index is 15.4. The van der Waals surface area contributed by atoms with Crippen LogP contribution < -0.4 is 14.4 Å². The topological polar surface area (TPSA) is 108 Å². The van der Waals surface area contributed by atoms with Gasteiger partial charge in [-0.25, -0.2) is 9.18 Å². The van der Waals surface area contributed by atoms with Gasteiger partial charge in [0.25, 0.3) is 10.2 Å². The lowest BCUT2D eigenvalue weighted by atomic mass is 9.73. The largest absolute Gasteiger partial charge is 0.492 e. The summed E-state index contributed by atoms with van der Waals surface area (Å²) in [5.41, 5.74) is 0.526. The number of amides is 2. The zero-order valence-corrected chi connectivity index (χ0v) is 21.9. The summed E-state index contributed by atoms with van der Waals surface area (Å²) in [5, 5.41) is 0. The van der Waals surface area contributed by atoms with E-state index in [1.54, 1.807) is 18.0 Å². The Labute approximate surface area is 216 Å². The number of likely N-dealkylation sites (N-methyl/N-ethyl adjacent to an activating group) is 1. The Morgan fingerprint density at radius 3 is 2.49 bits per heavy atom. The van der Waals surface area contributed by atoms with Crippen molar-refractivity contribution in [2.75, 3.05) is 52.3 Å². The molecule has 10 nitrogen and oxygen atoms in total. The Hall–Kier alpha value is -3.22. The number of anilines is 1. The van der Waals surface area contributed by atoms with Crippen LogP contribution in [0.4, 0.5) is 14.9 Å². The number of hydrogen-bond acceptors (Lipinski definition) is 6. The maximum Gasteiger partial charge on any atom is 0.410 e. The number of likely N-dealkylation sites (tertiary alicyclic amines) is 1. The van der Waals surface area contributed by atoms with E-state index in [4.69, 9.17) is 9.47 Å². The second-order valence-corrected chi connectivity index (χ2v) is 11.3. The Kier molecular flexibility index (Phi) is 7.72. The van der Waals surface area contributed by atoms with Crippen molar-refractivity contribution in [2.24, 2.45) is 0 Å². The lowest BCUT2D eigenvalue weighted by molar-refractivity contribution is -0.124. The lowest BCUT2D eigenvalue weighted by Gasteiger charge is -2.37. The maximum absolute atomic E-state index is 15.4. The second-order valence-electron chi connectivity index (χ2n) is 9.30. The molecule has 0 saturated carbocycles. The Morgan fingerprint density at radius 2 is 1.84 bits per heavy atom. The Bertz CT molecular complexity index is 1260. The van der Waals surface area contributed by atoms with Gasteiger partial charge in [-0.05, 0) is 18.4 Å². The number of piperidine rings is 1. The Morgan fingerprint density at radius 1 is 1.16 bits per heavy atom. The van der Waals surface area contributed by atoms with Crippen molar-refractivity contribution < 1.29 is 31.9 Å². The first-order valence-electron chi connectivity index (χ1n) is 11.9. The summed E-state index contributed by atoms with van der Waals surface area (Å²) in [7, 11) is 0.799. The molecule has 0 bridgehead atoms. The summed E-state index contributed by atoms with van der Waals surface area (Å²) >= 11 is 0. The highest BCUT2D eigenvalue weighted by atomic mass is 32.2. The molecule has 0 aromatic heterocycles. The second kappa shape index (κ2) is 10.6. The molecule has 2 heterocycles. The summed E-state index contributed by atoms with van der Waals surface area (Å²) in [6.07, 6.45) is 0.0759. The third kappa shape index (κ3) is 5.41. The number of benzene rings is 2. The molecular formula is C25H31FN4O6S. The van der Waals surface area contributed by atoms with Crippen LogP contribution in [0.3, 0.4) is 0 Å². The number of nitrogens with zero attached hydrogens (tertiary/aromatic N) is 3. The van der Waals surface area contributed by atoms with Crippen molar-refractivity contribution in [1.82, 2.24) is 13.9 Å². The van der Waals surface area contributed by atoms with Crippen molar-refractivity contribution in [1.29, 1.82) is 0 Å². The summed E-state index contributed by atoms with van der Waals surface area (Å²) in [6, 6.07) is 12.2. The van der Waals surface area contributed by atoms with Gasteiger partial charge in [0.2, 0.25) is 5.91 Å². The third-order valence-electron chi connectivity index (χ3n) is 6.81. The van der Waals surface area contributed by atoms with Crippen LogP contribution >= 0.6 is 0 Å². The zero-order chi connectivity index (χ0) is 26.8. The molecule has 2 aliphatic heterocycles. The summed E-state index contributed by atoms with van der Waals surface area (Å²) in [4.78, 5) is 28.9. The minimum absolute atomic E-state index is 0.00582. The number of halogens is 1. The average molecular weight is 535 g/mol. The molecule has 200 valence electrons. The molecule has 2 aromatic rings. The molecule has 1 spiro atoms. The fraction of sp³-hybridized carbons (Fsp3) is 0.440. The van der Waals surface area contributed by atoms with E-state index >= 15 is 4.39 Å². The number of carbonyl (C=O) groups is 2. The molecular weight excluding hydrogens is 503 g/mol. The molecule has 4 rings (SSSR count). The highest BCUT2D eigenvalue weighted by molar-refractivity contribution is 7.87. The lowest BCUT2D eigenvalue weighted by Crippen LogP contribution is -2.50. The van der Waals surface area contributed by atoms with Crippen LogP contribution in [-0.2, 0) is 31.8 Å². The molecule has 1 N–H and O–H groups in total. The summed E-state index contributed by atoms with van der Waals surface area (Å²) < 4.78 is 53.4. The van der Waals surface area contributed by atoms with Gasteiger partial charge >= 0.3 is 6.09 Å². The van der Waals surface area contributed by atoms with Crippen LogP contribution in [0.2, 0.25) is 0 Å². The van der Waals surface area contributed by atoms with Gasteiger partial charge in [-0.3, -0.25) is 4.79 Å². The van der Waals surface area contributed by atoms with Gasteiger partial charge < -0.3 is 19.3 Å². The predicted molar refractivity (Wildman–Crippen MR) is 135 cm³/mol. The van der Waals surface area contributed by atoms with Crippen molar-refractivity contribution in [3.63, 3.8) is 0 Å². The van der Waals surface area contributed by atoms with Crippen molar-refractivity contribution in [3.8, 4) is 5.75 Å². The van der Waals surface area contributed by atoms with Crippen LogP contribution in [0.25, 0.3) is 0 Å². The van der Waals surface area contributed by atoms with E-state index in [2.05, 4.69) is 4.72 Å². The van der Waals surface area contributed by atoms with E-state index in [1.165, 1.54) is 25.1 Å². The van der Waals surface area contributed by atoms with Crippen molar-refractivity contribution >= 4 is 27.9 Å². The first-order chi connectivity index (χ1) is 17.5. The molecule has 0 aliphatic carbocycles. The summed E-state index contributed by atoms with van der Waals surface area (Å²) in [5.74, 6) is -0.604. The van der Waals surface area contributed by atoms with E-state index in [1.807, 2.05) is 30.3 Å². The van der Waals surface area contributed by atoms with Gasteiger partial charge in [-0.15, -0.1) is 0 Å². The molecule has 2 amide bonds. The van der Waals surface area contributed by atoms with Crippen molar-refractivity contribution in [3.05, 3.63) is 59.4 Å². The third-order valence-corrected chi connectivity index (χ3v) is 8.34. The van der Waals surface area contributed by atoms with E-state index in [9.17, 15) is 18.0 Å². The molecule has 2 aliphatic rings. The van der Waals surface area contributed by atoms with E-state index in [0.717, 1.165) is 9.87 Å². The minimum Gasteiger partial charge on any atom is -0.492 e. The highest BCUT2D eigenvalue weighted by Gasteiger charge is 2.53. The molecule has 12 heteroatoms. The van der Waals surface area contributed by atoms with Crippen LogP contribution in [0, 0.1) is 5.82 Å². The number of rotatable bonds is 8. The Balaban J connectivity index is 1.41. The average Bonchev–Trinajstić information content (AvgIpc) is 3.08. The predicted octanol–water partition coefficient (Wildman–Crippen LogP) is 2.25. The fourth-order valence-corrected chi connectivity index (χ4v) is 5.34. The molecule has 0 unspecified atom stereocenters. The first-order valence-corrected chi connectivity index (χ1v) is 13.4. The molecule has 2 aromatic carbocycles. The number of nitrogens with one attached hydrogen (secondary N) is 1. The number of carbonyl (C=O) groups excluding carboxylic acids is 2. The van der Waals surface area contributed by atoms with Crippen LogP contribution in [0.5, 0.6) is 5.75 Å². The van der Waals surface area contributed by atoms with Gasteiger partial charge in [0.05, 0.1) is 11.1 Å². The first kappa shape index (κ1) is 26.8. The normalized spacial score (nSPS) is 16.8. The molecule has 0 atom stereocenters. The smallest absolute Gasteiger partial charge is 0.410 e. The van der Waals surface area contributed by atoms with Crippen LogP contribution in [0.1, 0.15) is 24.0 Å². The van der Waals surface area contributed by atoms with E-state index in [0.29, 0.717) is 11.3 Å². The molecule has 1 saturated heterocycles. The molecule has 37 heavy (non-hydrogen) atoms. The quantitative estimate of drug-likeness (QED) is 0.521. The van der Waals surface area contributed by atoms with E-state index in [-0.39, 0.29) is 57.3 Å². The minimum atomic E-state index is -3.59. The number of ether oxygens (including phenoxy) is 2. The SMILES string of the molecule is CN1C(=O)C2(CCN(C(=O)OCc3ccccc3)CC2)c2c(F)cc(OCCNS(=O)(=O)N(C)C)cc21. The standard InChI is InChI=1S/C25H31FN4O6S/c1-28(2)37(33,34)27-11-14-35-19-15-20(26)22-21(16-19)29(3)23(31)25(22)9-12-30(13-10-25)24(32)36-17-18-7-5-4-6-8-18/h4-8,15-16,27H,9-14,17H2,1-3H3. The highest BCUT2D eigenvalue weighted by Crippen LogP contribution is 2.49. The van der Waals surface area contributed by atoms with Gasteiger partial charge in [0, 0.05) is 58.5 Å². The molecule has 0 radical (unpaired) electrons. The van der Waals surface area contributed by atoms with E-state index < -0.39 is 27.5 Å². The fourth-order valence-electron chi connectivity index (χ4n) is 4.74.